The van der Waals surface area contributed by atoms with Crippen molar-refractivity contribution in [3.63, 3.8) is 0 Å². The van der Waals surface area contributed by atoms with Crippen molar-refractivity contribution in [2.75, 3.05) is 0 Å². The van der Waals surface area contributed by atoms with Gasteiger partial charge in [-0.05, 0) is 17.4 Å². The maximum absolute atomic E-state index is 13.2. The number of Topliss-reactive ketones (excluding diaryl/α,β-unsaturated/α-hetero) is 1. The molecule has 0 bridgehead atoms. The van der Waals surface area contributed by atoms with Crippen molar-refractivity contribution < 1.29 is 9.18 Å². The number of thiophene rings is 1. The zero-order valence-corrected chi connectivity index (χ0v) is 10.8. The molecule has 0 aliphatic carbocycles. The molecule has 16 heavy (non-hydrogen) atoms. The van der Waals surface area contributed by atoms with Crippen molar-refractivity contribution >= 4 is 17.1 Å². The monoisotopic (exact) mass is 242 g/mol. The highest BCUT2D eigenvalue weighted by atomic mass is 32.1. The summed E-state index contributed by atoms with van der Waals surface area (Å²) in [5.74, 6) is 0.0183. The van der Waals surface area contributed by atoms with Gasteiger partial charge in [0.1, 0.15) is 10.7 Å². The van der Waals surface area contributed by atoms with Crippen LogP contribution >= 0.6 is 11.3 Å². The first-order valence-corrected chi connectivity index (χ1v) is 6.83. The van der Waals surface area contributed by atoms with E-state index in [1.54, 1.807) is 5.38 Å². The Bertz CT molecular complexity index is 332. The van der Waals surface area contributed by atoms with Gasteiger partial charge in [0, 0.05) is 6.42 Å². The fourth-order valence-electron chi connectivity index (χ4n) is 1.79. The molecule has 0 aliphatic heterocycles. The van der Waals surface area contributed by atoms with Gasteiger partial charge in [-0.3, -0.25) is 4.79 Å². The molecule has 1 nitrogen and oxygen atoms in total. The quantitative estimate of drug-likeness (QED) is 0.635. The second-order valence-corrected chi connectivity index (χ2v) is 5.06. The van der Waals surface area contributed by atoms with Crippen LogP contribution in [0.3, 0.4) is 0 Å². The summed E-state index contributed by atoms with van der Waals surface area (Å²) >= 11 is 1.21. The number of hydrogen-bond donors (Lipinski definition) is 0. The molecule has 90 valence electrons. The van der Waals surface area contributed by atoms with Crippen molar-refractivity contribution in [1.82, 2.24) is 0 Å². The van der Waals surface area contributed by atoms with E-state index in [4.69, 9.17) is 0 Å². The summed E-state index contributed by atoms with van der Waals surface area (Å²) in [6, 6.07) is 1.37. The van der Waals surface area contributed by atoms with Crippen LogP contribution in [0.2, 0.25) is 0 Å². The van der Waals surface area contributed by atoms with Crippen LogP contribution in [0.4, 0.5) is 4.39 Å². The van der Waals surface area contributed by atoms with Gasteiger partial charge in [-0.25, -0.2) is 4.39 Å². The first-order valence-electron chi connectivity index (χ1n) is 5.95. The highest BCUT2D eigenvalue weighted by Crippen LogP contribution is 2.23. The van der Waals surface area contributed by atoms with Gasteiger partial charge in [0.2, 0.25) is 0 Å². The third-order valence-corrected chi connectivity index (χ3v) is 3.82. The molecule has 0 amide bonds. The van der Waals surface area contributed by atoms with Gasteiger partial charge in [0.25, 0.3) is 0 Å². The molecule has 0 spiro atoms. The Kier molecular flexibility index (Phi) is 5.67. The minimum Gasteiger partial charge on any atom is -0.293 e. The first-order chi connectivity index (χ1) is 7.69. The number of ketones is 1. The van der Waals surface area contributed by atoms with Crippen LogP contribution in [0.5, 0.6) is 0 Å². The molecule has 1 heterocycles. The third-order valence-electron chi connectivity index (χ3n) is 2.89. The van der Waals surface area contributed by atoms with Crippen LogP contribution in [0.15, 0.2) is 11.4 Å². The zero-order valence-electron chi connectivity index (χ0n) is 9.96. The Balaban J connectivity index is 2.52. The fraction of sp³-hybridized carbons (Fsp3) is 0.615. The maximum Gasteiger partial charge on any atom is 0.176 e. The van der Waals surface area contributed by atoms with Crippen LogP contribution in [-0.2, 0) is 0 Å². The van der Waals surface area contributed by atoms with Crippen molar-refractivity contribution in [2.24, 2.45) is 5.92 Å². The first kappa shape index (κ1) is 13.4. The number of unbranched alkanes of at least 4 members (excludes halogenated alkanes) is 1. The lowest BCUT2D eigenvalue weighted by Crippen LogP contribution is -2.08. The standard InChI is InChI=1S/C13H19FOS/c1-3-5-6-10(4-2)9-12(15)13-11(14)7-8-16-13/h7-8,10H,3-6,9H2,1-2H3. The molecule has 1 rings (SSSR count). The number of hydrogen-bond acceptors (Lipinski definition) is 2. The summed E-state index contributed by atoms with van der Waals surface area (Å²) in [7, 11) is 0. The van der Waals surface area contributed by atoms with E-state index in [2.05, 4.69) is 13.8 Å². The lowest BCUT2D eigenvalue weighted by molar-refractivity contribution is 0.0957. The fourth-order valence-corrected chi connectivity index (χ4v) is 2.51. The van der Waals surface area contributed by atoms with Crippen LogP contribution in [0.1, 0.15) is 55.6 Å². The van der Waals surface area contributed by atoms with Gasteiger partial charge >= 0.3 is 0 Å². The lowest BCUT2D eigenvalue weighted by atomic mass is 9.93. The molecule has 1 aromatic rings. The Morgan fingerprint density at radius 1 is 1.50 bits per heavy atom. The average molecular weight is 242 g/mol. The Hall–Kier alpha value is -0.700. The zero-order chi connectivity index (χ0) is 12.0. The van der Waals surface area contributed by atoms with E-state index in [-0.39, 0.29) is 11.6 Å². The highest BCUT2D eigenvalue weighted by molar-refractivity contribution is 7.12. The van der Waals surface area contributed by atoms with E-state index in [0.717, 1.165) is 25.7 Å². The molecular formula is C13H19FOS. The molecule has 1 unspecified atom stereocenters. The van der Waals surface area contributed by atoms with Crippen LogP contribution < -0.4 is 0 Å². The van der Waals surface area contributed by atoms with Gasteiger partial charge in [-0.1, -0.05) is 39.5 Å². The number of halogens is 1. The number of carbonyl (C=O) groups excluding carboxylic acids is 1. The molecule has 0 aromatic carbocycles. The van der Waals surface area contributed by atoms with E-state index in [1.807, 2.05) is 0 Å². The summed E-state index contributed by atoms with van der Waals surface area (Å²) < 4.78 is 13.2. The number of rotatable bonds is 7. The van der Waals surface area contributed by atoms with E-state index in [9.17, 15) is 9.18 Å². The van der Waals surface area contributed by atoms with Crippen LogP contribution in [-0.4, -0.2) is 5.78 Å². The molecule has 3 heteroatoms. The van der Waals surface area contributed by atoms with Crippen LogP contribution in [0.25, 0.3) is 0 Å². The normalized spacial score (nSPS) is 12.7. The Morgan fingerprint density at radius 2 is 2.25 bits per heavy atom. The maximum atomic E-state index is 13.2. The molecule has 0 N–H and O–H groups in total. The second-order valence-electron chi connectivity index (χ2n) is 4.14. The van der Waals surface area contributed by atoms with Gasteiger partial charge in [-0.15, -0.1) is 11.3 Å². The van der Waals surface area contributed by atoms with Crippen molar-refractivity contribution in [1.29, 1.82) is 0 Å². The second kappa shape index (κ2) is 6.79. The summed E-state index contributed by atoms with van der Waals surface area (Å²) in [5, 5.41) is 1.63. The van der Waals surface area contributed by atoms with Gasteiger partial charge < -0.3 is 0 Å². The molecule has 0 aliphatic rings. The molecule has 0 fully saturated rings. The number of carbonyl (C=O) groups is 1. The largest absolute Gasteiger partial charge is 0.293 e. The average Bonchev–Trinajstić information content (AvgIpc) is 2.70. The third kappa shape index (κ3) is 3.71. The SMILES string of the molecule is CCCCC(CC)CC(=O)c1sccc1F. The predicted octanol–water partition coefficient (Wildman–Crippen LogP) is 4.68. The summed E-state index contributed by atoms with van der Waals surface area (Å²) in [5.41, 5.74) is 0. The lowest BCUT2D eigenvalue weighted by Gasteiger charge is -2.12. The molecular weight excluding hydrogens is 223 g/mol. The van der Waals surface area contributed by atoms with Gasteiger partial charge in [0.05, 0.1) is 0 Å². The van der Waals surface area contributed by atoms with E-state index >= 15 is 0 Å². The van der Waals surface area contributed by atoms with Crippen molar-refractivity contribution in [3.8, 4) is 0 Å². The minimum absolute atomic E-state index is 0.0320. The molecule has 1 aromatic heterocycles. The molecule has 1 atom stereocenters. The summed E-state index contributed by atoms with van der Waals surface area (Å²) in [4.78, 5) is 12.1. The predicted molar refractivity (Wildman–Crippen MR) is 66.5 cm³/mol. The van der Waals surface area contributed by atoms with Gasteiger partial charge in [0.15, 0.2) is 5.78 Å². The molecule has 0 saturated heterocycles. The Morgan fingerprint density at radius 3 is 2.75 bits per heavy atom. The van der Waals surface area contributed by atoms with E-state index in [1.165, 1.54) is 17.4 Å². The van der Waals surface area contributed by atoms with E-state index < -0.39 is 0 Å². The van der Waals surface area contributed by atoms with Crippen molar-refractivity contribution in [2.45, 2.75) is 46.0 Å². The van der Waals surface area contributed by atoms with E-state index in [0.29, 0.717) is 17.2 Å². The topological polar surface area (TPSA) is 17.1 Å². The van der Waals surface area contributed by atoms with Crippen LogP contribution in [0, 0.1) is 11.7 Å². The Labute approximate surface area is 101 Å². The van der Waals surface area contributed by atoms with Crippen molar-refractivity contribution in [3.05, 3.63) is 22.1 Å². The highest BCUT2D eigenvalue weighted by Gasteiger charge is 2.17. The molecule has 0 radical (unpaired) electrons. The smallest absolute Gasteiger partial charge is 0.176 e. The molecule has 0 saturated carbocycles. The summed E-state index contributed by atoms with van der Waals surface area (Å²) in [6.45, 7) is 4.24. The minimum atomic E-state index is -0.361. The van der Waals surface area contributed by atoms with Gasteiger partial charge in [-0.2, -0.15) is 0 Å². The summed E-state index contributed by atoms with van der Waals surface area (Å²) in [6.07, 6.45) is 4.87.